The highest BCUT2D eigenvalue weighted by Gasteiger charge is 2.21. The Labute approximate surface area is 177 Å². The molecular weight excluding hydrogens is 419 g/mol. The van der Waals surface area contributed by atoms with Crippen LogP contribution >= 0.6 is 23.2 Å². The van der Waals surface area contributed by atoms with Gasteiger partial charge in [-0.2, -0.15) is 5.26 Å². The van der Waals surface area contributed by atoms with Crippen molar-refractivity contribution in [1.82, 2.24) is 0 Å². The van der Waals surface area contributed by atoms with Crippen molar-refractivity contribution in [2.45, 2.75) is 6.42 Å². The lowest BCUT2D eigenvalue weighted by Crippen LogP contribution is -2.35. The Morgan fingerprint density at radius 1 is 1.07 bits per heavy atom. The first-order chi connectivity index (χ1) is 14.0. The molecule has 1 aliphatic heterocycles. The number of carbonyl (C=O) groups excluding carboxylic acids is 2. The molecule has 1 heterocycles. The van der Waals surface area contributed by atoms with Gasteiger partial charge in [-0.1, -0.05) is 23.2 Å². The third-order valence-corrected chi connectivity index (χ3v) is 4.45. The standard InChI is InChI=1S/C20H16Cl2N2O5/c21-14-8-13(9-15(22)10-14)20(26)29-12-19(25)24(5-1-4-23)16-2-3-17-18(11-16)28-7-6-27-17/h2-3,8-11H,1,5-7,12H2. The molecule has 0 saturated carbocycles. The number of hydrogen-bond donors (Lipinski definition) is 0. The molecule has 29 heavy (non-hydrogen) atoms. The molecule has 0 radical (unpaired) electrons. The number of ether oxygens (including phenoxy) is 3. The van der Waals surface area contributed by atoms with E-state index in [1.807, 2.05) is 6.07 Å². The normalized spacial score (nSPS) is 12.0. The van der Waals surface area contributed by atoms with Crippen LogP contribution in [0.25, 0.3) is 0 Å². The van der Waals surface area contributed by atoms with Crippen LogP contribution < -0.4 is 14.4 Å². The molecule has 0 aromatic heterocycles. The van der Waals surface area contributed by atoms with Crippen molar-refractivity contribution in [3.05, 3.63) is 52.0 Å². The summed E-state index contributed by atoms with van der Waals surface area (Å²) in [7, 11) is 0. The number of fused-ring (bicyclic) bond motifs is 1. The fourth-order valence-electron chi connectivity index (χ4n) is 2.72. The van der Waals surface area contributed by atoms with Crippen molar-refractivity contribution < 1.29 is 23.8 Å². The van der Waals surface area contributed by atoms with Crippen LogP contribution in [-0.4, -0.2) is 38.2 Å². The van der Waals surface area contributed by atoms with E-state index < -0.39 is 18.5 Å². The summed E-state index contributed by atoms with van der Waals surface area (Å²) in [5.74, 6) is -0.130. The second-order valence-electron chi connectivity index (χ2n) is 6.02. The van der Waals surface area contributed by atoms with E-state index in [0.29, 0.717) is 30.4 Å². The molecule has 150 valence electrons. The van der Waals surface area contributed by atoms with E-state index in [2.05, 4.69) is 0 Å². The van der Waals surface area contributed by atoms with Gasteiger partial charge in [-0.25, -0.2) is 4.79 Å². The maximum Gasteiger partial charge on any atom is 0.338 e. The van der Waals surface area contributed by atoms with Gasteiger partial charge >= 0.3 is 5.97 Å². The molecule has 0 N–H and O–H groups in total. The quantitative estimate of drug-likeness (QED) is 0.641. The topological polar surface area (TPSA) is 88.9 Å². The van der Waals surface area contributed by atoms with Gasteiger partial charge in [-0.15, -0.1) is 0 Å². The Balaban J connectivity index is 1.72. The first-order valence-corrected chi connectivity index (χ1v) is 9.43. The summed E-state index contributed by atoms with van der Waals surface area (Å²) in [4.78, 5) is 26.3. The number of esters is 1. The highest BCUT2D eigenvalue weighted by Crippen LogP contribution is 2.34. The van der Waals surface area contributed by atoms with Crippen molar-refractivity contribution in [2.75, 3.05) is 31.3 Å². The number of nitriles is 1. The number of anilines is 1. The summed E-state index contributed by atoms with van der Waals surface area (Å²) in [6.07, 6.45) is 0.109. The van der Waals surface area contributed by atoms with Gasteiger partial charge < -0.3 is 19.1 Å². The molecule has 7 nitrogen and oxygen atoms in total. The zero-order chi connectivity index (χ0) is 20.8. The van der Waals surface area contributed by atoms with Gasteiger partial charge in [0.1, 0.15) is 13.2 Å². The lowest BCUT2D eigenvalue weighted by Gasteiger charge is -2.24. The summed E-state index contributed by atoms with van der Waals surface area (Å²) in [6, 6.07) is 11.3. The van der Waals surface area contributed by atoms with Gasteiger partial charge in [-0.05, 0) is 30.3 Å². The number of carbonyl (C=O) groups is 2. The smallest absolute Gasteiger partial charge is 0.338 e. The van der Waals surface area contributed by atoms with E-state index in [-0.39, 0.29) is 28.6 Å². The van der Waals surface area contributed by atoms with Crippen LogP contribution in [0.15, 0.2) is 36.4 Å². The molecule has 0 bridgehead atoms. The van der Waals surface area contributed by atoms with Crippen molar-refractivity contribution >= 4 is 40.8 Å². The van der Waals surface area contributed by atoms with Crippen molar-refractivity contribution in [1.29, 1.82) is 5.26 Å². The average Bonchev–Trinajstić information content (AvgIpc) is 2.71. The maximum atomic E-state index is 12.7. The van der Waals surface area contributed by atoms with Crippen LogP contribution in [0.5, 0.6) is 11.5 Å². The van der Waals surface area contributed by atoms with Crippen molar-refractivity contribution in [3.8, 4) is 17.6 Å². The molecule has 1 aliphatic rings. The van der Waals surface area contributed by atoms with E-state index in [1.165, 1.54) is 23.1 Å². The Morgan fingerprint density at radius 3 is 2.45 bits per heavy atom. The van der Waals surface area contributed by atoms with Crippen LogP contribution in [0, 0.1) is 11.3 Å². The lowest BCUT2D eigenvalue weighted by atomic mass is 10.2. The van der Waals surface area contributed by atoms with Gasteiger partial charge in [0.2, 0.25) is 0 Å². The molecule has 0 aliphatic carbocycles. The number of benzene rings is 2. The van der Waals surface area contributed by atoms with Gasteiger partial charge in [0, 0.05) is 28.3 Å². The van der Waals surface area contributed by atoms with Crippen molar-refractivity contribution in [2.24, 2.45) is 0 Å². The molecule has 0 spiro atoms. The van der Waals surface area contributed by atoms with Crippen LogP contribution in [0.3, 0.4) is 0 Å². The van der Waals surface area contributed by atoms with Gasteiger partial charge in [-0.3, -0.25) is 4.79 Å². The molecule has 0 saturated heterocycles. The van der Waals surface area contributed by atoms with Crippen LogP contribution in [0.2, 0.25) is 10.0 Å². The number of rotatable bonds is 6. The molecule has 2 aromatic carbocycles. The SMILES string of the molecule is N#CCCN(C(=O)COC(=O)c1cc(Cl)cc(Cl)c1)c1ccc2c(c1)OCCO2. The van der Waals surface area contributed by atoms with E-state index >= 15 is 0 Å². The predicted octanol–water partition coefficient (Wildman–Crippen LogP) is 3.87. The molecule has 0 unspecified atom stereocenters. The second kappa shape index (κ2) is 9.50. The fourth-order valence-corrected chi connectivity index (χ4v) is 3.25. The molecule has 3 rings (SSSR count). The second-order valence-corrected chi connectivity index (χ2v) is 6.89. The summed E-state index contributed by atoms with van der Waals surface area (Å²) < 4.78 is 16.1. The van der Waals surface area contributed by atoms with Gasteiger partial charge in [0.25, 0.3) is 5.91 Å². The Bertz CT molecular complexity index is 954. The van der Waals surface area contributed by atoms with Gasteiger partial charge in [0.15, 0.2) is 18.1 Å². The molecule has 0 fully saturated rings. The number of halogens is 2. The summed E-state index contributed by atoms with van der Waals surface area (Å²) in [5, 5.41) is 9.47. The van der Waals surface area contributed by atoms with E-state index in [0.717, 1.165) is 0 Å². The minimum Gasteiger partial charge on any atom is -0.486 e. The van der Waals surface area contributed by atoms with Crippen LogP contribution in [0.1, 0.15) is 16.8 Å². The largest absolute Gasteiger partial charge is 0.486 e. The molecular formula is C20H16Cl2N2O5. The highest BCUT2D eigenvalue weighted by atomic mass is 35.5. The van der Waals surface area contributed by atoms with Crippen LogP contribution in [0.4, 0.5) is 5.69 Å². The highest BCUT2D eigenvalue weighted by molar-refractivity contribution is 6.35. The molecule has 9 heteroatoms. The summed E-state index contributed by atoms with van der Waals surface area (Å²) in [5.41, 5.74) is 0.648. The molecule has 0 atom stereocenters. The Morgan fingerprint density at radius 2 is 1.76 bits per heavy atom. The van der Waals surface area contributed by atoms with Crippen LogP contribution in [-0.2, 0) is 9.53 Å². The molecule has 1 amide bonds. The third kappa shape index (κ3) is 5.31. The van der Waals surface area contributed by atoms with Gasteiger partial charge in [0.05, 0.1) is 18.1 Å². The zero-order valence-corrected chi connectivity index (χ0v) is 16.7. The Hall–Kier alpha value is -2.95. The number of amides is 1. The fraction of sp³-hybridized carbons (Fsp3) is 0.250. The number of hydrogen-bond acceptors (Lipinski definition) is 6. The first kappa shape index (κ1) is 20.8. The zero-order valence-electron chi connectivity index (χ0n) is 15.2. The maximum absolute atomic E-state index is 12.7. The van der Waals surface area contributed by atoms with E-state index in [4.69, 9.17) is 42.7 Å². The van der Waals surface area contributed by atoms with E-state index in [1.54, 1.807) is 18.2 Å². The predicted molar refractivity (Wildman–Crippen MR) is 107 cm³/mol. The third-order valence-electron chi connectivity index (χ3n) is 4.01. The monoisotopic (exact) mass is 434 g/mol. The number of nitrogens with zero attached hydrogens (tertiary/aromatic N) is 2. The summed E-state index contributed by atoms with van der Waals surface area (Å²) >= 11 is 11.8. The minimum atomic E-state index is -0.731. The lowest BCUT2D eigenvalue weighted by molar-refractivity contribution is -0.121. The Kier molecular flexibility index (Phi) is 6.81. The summed E-state index contributed by atoms with van der Waals surface area (Å²) in [6.45, 7) is 0.480. The van der Waals surface area contributed by atoms with E-state index in [9.17, 15) is 9.59 Å². The molecule has 2 aromatic rings. The van der Waals surface area contributed by atoms with Crippen molar-refractivity contribution in [3.63, 3.8) is 0 Å². The minimum absolute atomic E-state index is 0.109. The first-order valence-electron chi connectivity index (χ1n) is 8.68. The average molecular weight is 435 g/mol.